The molecule has 2 aliphatic heterocycles. The standard InChI is InChI=1S/C23H24N2O/c1-17-9-10-19-20(18-7-3-2-4-8-18)16-23(12-5-6-13-23)25-22(26)11-14-24(25)21(19)15-17/h2-4,7-10,15-16H,5-6,11-14H2,1H3. The van der Waals surface area contributed by atoms with E-state index in [1.54, 1.807) is 0 Å². The van der Waals surface area contributed by atoms with E-state index in [-0.39, 0.29) is 11.4 Å². The number of anilines is 1. The molecular weight excluding hydrogens is 320 g/mol. The van der Waals surface area contributed by atoms with Gasteiger partial charge in [0.1, 0.15) is 0 Å². The van der Waals surface area contributed by atoms with Gasteiger partial charge in [0.2, 0.25) is 5.91 Å². The summed E-state index contributed by atoms with van der Waals surface area (Å²) in [6.07, 6.45) is 7.50. The number of carbonyl (C=O) groups excluding carboxylic acids is 1. The van der Waals surface area contributed by atoms with Gasteiger partial charge in [-0.25, -0.2) is 5.01 Å². The van der Waals surface area contributed by atoms with Crippen molar-refractivity contribution in [2.24, 2.45) is 0 Å². The van der Waals surface area contributed by atoms with Crippen LogP contribution in [0.15, 0.2) is 54.6 Å². The Kier molecular flexibility index (Phi) is 3.46. The number of hydrazine groups is 1. The first-order valence-corrected chi connectivity index (χ1v) is 9.68. The van der Waals surface area contributed by atoms with E-state index in [4.69, 9.17) is 0 Å². The summed E-state index contributed by atoms with van der Waals surface area (Å²) in [4.78, 5) is 12.9. The molecule has 2 aromatic carbocycles. The fourth-order valence-electron chi connectivity index (χ4n) is 4.95. The lowest BCUT2D eigenvalue weighted by Gasteiger charge is -2.41. The third-order valence-corrected chi connectivity index (χ3v) is 6.13. The molecule has 2 fully saturated rings. The molecule has 0 atom stereocenters. The molecule has 3 nitrogen and oxygen atoms in total. The lowest BCUT2D eigenvalue weighted by Crippen LogP contribution is -2.53. The Morgan fingerprint density at radius 3 is 2.54 bits per heavy atom. The van der Waals surface area contributed by atoms with E-state index in [9.17, 15) is 4.79 Å². The molecule has 0 unspecified atom stereocenters. The summed E-state index contributed by atoms with van der Waals surface area (Å²) in [5, 5.41) is 4.37. The van der Waals surface area contributed by atoms with Gasteiger partial charge in [-0.2, -0.15) is 0 Å². The van der Waals surface area contributed by atoms with Crippen LogP contribution >= 0.6 is 0 Å². The summed E-state index contributed by atoms with van der Waals surface area (Å²) in [7, 11) is 0. The summed E-state index contributed by atoms with van der Waals surface area (Å²) in [5.74, 6) is 0.268. The summed E-state index contributed by atoms with van der Waals surface area (Å²) in [6, 6.07) is 17.3. The third kappa shape index (κ3) is 2.23. The zero-order valence-electron chi connectivity index (χ0n) is 15.2. The van der Waals surface area contributed by atoms with Gasteiger partial charge < -0.3 is 0 Å². The number of amides is 1. The minimum atomic E-state index is -0.175. The topological polar surface area (TPSA) is 23.6 Å². The molecule has 1 saturated heterocycles. The molecule has 0 radical (unpaired) electrons. The Balaban J connectivity index is 1.80. The molecule has 1 saturated carbocycles. The monoisotopic (exact) mass is 344 g/mol. The van der Waals surface area contributed by atoms with Gasteiger partial charge in [-0.15, -0.1) is 0 Å². The minimum Gasteiger partial charge on any atom is -0.281 e. The molecule has 2 heterocycles. The van der Waals surface area contributed by atoms with E-state index >= 15 is 0 Å². The fraction of sp³-hybridized carbons (Fsp3) is 0.348. The van der Waals surface area contributed by atoms with E-state index in [1.807, 2.05) is 0 Å². The van der Waals surface area contributed by atoms with Gasteiger partial charge in [-0.3, -0.25) is 9.80 Å². The first-order chi connectivity index (χ1) is 12.7. The van der Waals surface area contributed by atoms with Crippen LogP contribution in [0.2, 0.25) is 0 Å². The van der Waals surface area contributed by atoms with Crippen LogP contribution in [0.1, 0.15) is 48.8 Å². The van der Waals surface area contributed by atoms with Crippen molar-refractivity contribution in [3.8, 4) is 0 Å². The van der Waals surface area contributed by atoms with Crippen molar-refractivity contribution < 1.29 is 4.79 Å². The molecule has 132 valence electrons. The number of fused-ring (bicyclic) bond motifs is 4. The summed E-state index contributed by atoms with van der Waals surface area (Å²) in [5.41, 5.74) is 5.98. The molecule has 3 aliphatic rings. The van der Waals surface area contributed by atoms with Crippen molar-refractivity contribution in [1.82, 2.24) is 5.01 Å². The van der Waals surface area contributed by atoms with E-state index in [0.717, 1.165) is 19.4 Å². The summed E-state index contributed by atoms with van der Waals surface area (Å²) >= 11 is 0. The smallest absolute Gasteiger partial charge is 0.243 e. The van der Waals surface area contributed by atoms with Gasteiger partial charge in [0.25, 0.3) is 0 Å². The van der Waals surface area contributed by atoms with E-state index in [2.05, 4.69) is 71.5 Å². The predicted octanol–water partition coefficient (Wildman–Crippen LogP) is 4.71. The number of nitrogens with zero attached hydrogens (tertiary/aromatic N) is 2. The highest BCUT2D eigenvalue weighted by atomic mass is 16.2. The van der Waals surface area contributed by atoms with Crippen molar-refractivity contribution in [2.45, 2.75) is 44.6 Å². The number of aryl methyl sites for hydroxylation is 1. The van der Waals surface area contributed by atoms with Crippen LogP contribution in [0.3, 0.4) is 0 Å². The average Bonchev–Trinajstić information content (AvgIpc) is 3.25. The molecular formula is C23H24N2O. The maximum atomic E-state index is 12.9. The van der Waals surface area contributed by atoms with Gasteiger partial charge in [0.15, 0.2) is 0 Å². The fourth-order valence-corrected chi connectivity index (χ4v) is 4.95. The van der Waals surface area contributed by atoms with Crippen LogP contribution in [-0.2, 0) is 4.79 Å². The quantitative estimate of drug-likeness (QED) is 0.748. The van der Waals surface area contributed by atoms with Gasteiger partial charge in [0, 0.05) is 18.5 Å². The first kappa shape index (κ1) is 15.7. The second-order valence-corrected chi connectivity index (χ2v) is 7.83. The van der Waals surface area contributed by atoms with Gasteiger partial charge >= 0.3 is 0 Å². The first-order valence-electron chi connectivity index (χ1n) is 9.68. The Labute approximate surface area is 154 Å². The molecule has 0 aromatic heterocycles. The van der Waals surface area contributed by atoms with Crippen LogP contribution in [0.5, 0.6) is 0 Å². The van der Waals surface area contributed by atoms with Crippen LogP contribution in [0, 0.1) is 6.92 Å². The zero-order chi connectivity index (χ0) is 17.7. The average molecular weight is 344 g/mol. The molecule has 3 heteroatoms. The Morgan fingerprint density at radius 2 is 1.77 bits per heavy atom. The molecule has 1 spiro atoms. The molecule has 0 N–H and O–H groups in total. The lowest BCUT2D eigenvalue weighted by atomic mass is 9.88. The number of carbonyl (C=O) groups is 1. The van der Waals surface area contributed by atoms with Gasteiger partial charge in [0.05, 0.1) is 11.2 Å². The Morgan fingerprint density at radius 1 is 1.00 bits per heavy atom. The molecule has 26 heavy (non-hydrogen) atoms. The lowest BCUT2D eigenvalue weighted by molar-refractivity contribution is -0.132. The zero-order valence-corrected chi connectivity index (χ0v) is 15.2. The van der Waals surface area contributed by atoms with E-state index < -0.39 is 0 Å². The highest BCUT2D eigenvalue weighted by Gasteiger charge is 2.48. The Hall–Kier alpha value is -2.55. The van der Waals surface area contributed by atoms with Crippen molar-refractivity contribution in [3.05, 3.63) is 71.3 Å². The number of hydrogen-bond acceptors (Lipinski definition) is 2. The van der Waals surface area contributed by atoms with Crippen LogP contribution < -0.4 is 5.01 Å². The highest BCUT2D eigenvalue weighted by molar-refractivity contribution is 5.92. The van der Waals surface area contributed by atoms with Crippen molar-refractivity contribution >= 4 is 17.2 Å². The number of rotatable bonds is 1. The van der Waals surface area contributed by atoms with Crippen molar-refractivity contribution in [1.29, 1.82) is 0 Å². The molecule has 2 aromatic rings. The van der Waals surface area contributed by atoms with E-state index in [0.29, 0.717) is 6.42 Å². The predicted molar refractivity (Wildman–Crippen MR) is 105 cm³/mol. The van der Waals surface area contributed by atoms with Gasteiger partial charge in [-0.05, 0) is 48.6 Å². The van der Waals surface area contributed by atoms with Gasteiger partial charge in [-0.1, -0.05) is 55.3 Å². The summed E-state index contributed by atoms with van der Waals surface area (Å²) < 4.78 is 0. The van der Waals surface area contributed by atoms with Crippen LogP contribution in [0.25, 0.3) is 5.57 Å². The van der Waals surface area contributed by atoms with Crippen LogP contribution in [-0.4, -0.2) is 23.0 Å². The number of benzene rings is 2. The van der Waals surface area contributed by atoms with Crippen LogP contribution in [0.4, 0.5) is 5.69 Å². The molecule has 0 bridgehead atoms. The largest absolute Gasteiger partial charge is 0.281 e. The van der Waals surface area contributed by atoms with Crippen molar-refractivity contribution in [2.75, 3.05) is 11.6 Å². The number of hydrogen-bond donors (Lipinski definition) is 0. The third-order valence-electron chi connectivity index (χ3n) is 6.13. The second kappa shape index (κ2) is 5.73. The summed E-state index contributed by atoms with van der Waals surface area (Å²) in [6.45, 7) is 2.91. The molecule has 5 rings (SSSR count). The Bertz CT molecular complexity index is 894. The van der Waals surface area contributed by atoms with Crippen molar-refractivity contribution in [3.63, 3.8) is 0 Å². The maximum absolute atomic E-state index is 12.9. The molecule has 1 aliphatic carbocycles. The second-order valence-electron chi connectivity index (χ2n) is 7.83. The van der Waals surface area contributed by atoms with E-state index in [1.165, 1.54) is 40.8 Å². The maximum Gasteiger partial charge on any atom is 0.243 e. The SMILES string of the molecule is Cc1ccc2c(c1)N1CCC(=O)N1C1(C=C2c2ccccc2)CCCC1. The highest BCUT2D eigenvalue weighted by Crippen LogP contribution is 2.48. The molecule has 1 amide bonds. The normalized spacial score (nSPS) is 20.8. The minimum absolute atomic E-state index is 0.175.